The van der Waals surface area contributed by atoms with Crippen molar-refractivity contribution in [3.8, 4) is 5.75 Å². The summed E-state index contributed by atoms with van der Waals surface area (Å²) in [4.78, 5) is 4.52. The number of unbranched alkanes of at least 4 members (excludes halogenated alkanes) is 3. The van der Waals surface area contributed by atoms with E-state index in [1.807, 2.05) is 18.2 Å². The van der Waals surface area contributed by atoms with Crippen molar-refractivity contribution >= 4 is 10.9 Å². The monoisotopic (exact) mass is 229 g/mol. The van der Waals surface area contributed by atoms with Crippen LogP contribution < -0.4 is 0 Å². The number of hydrogen-bond donors (Lipinski definition) is 1. The molecule has 0 saturated heterocycles. The lowest BCUT2D eigenvalue weighted by molar-refractivity contribution is 0.480. The van der Waals surface area contributed by atoms with Gasteiger partial charge in [-0.2, -0.15) is 0 Å². The Kier molecular flexibility index (Phi) is 3.97. The Hall–Kier alpha value is -1.57. The fraction of sp³-hybridized carbons (Fsp3) is 0.400. The molecule has 0 spiro atoms. The fourth-order valence-electron chi connectivity index (χ4n) is 2.04. The zero-order valence-electron chi connectivity index (χ0n) is 10.3. The van der Waals surface area contributed by atoms with Crippen LogP contribution in [0, 0.1) is 0 Å². The predicted molar refractivity (Wildman–Crippen MR) is 71.3 cm³/mol. The van der Waals surface area contributed by atoms with Crippen molar-refractivity contribution in [1.29, 1.82) is 0 Å². The van der Waals surface area contributed by atoms with Gasteiger partial charge in [-0.15, -0.1) is 0 Å². The molecule has 2 aromatic rings. The Morgan fingerprint density at radius 3 is 2.76 bits per heavy atom. The molecule has 0 fully saturated rings. The standard InChI is InChI=1S/C15H19NO/c1-2-3-4-5-8-13-11-10-12-7-6-9-14(17)15(12)16-13/h6-7,9-11,17H,2-5,8H2,1H3. The summed E-state index contributed by atoms with van der Waals surface area (Å²) in [7, 11) is 0. The highest BCUT2D eigenvalue weighted by molar-refractivity contribution is 5.84. The second kappa shape index (κ2) is 5.67. The number of nitrogens with zero attached hydrogens (tertiary/aromatic N) is 1. The summed E-state index contributed by atoms with van der Waals surface area (Å²) in [5.74, 6) is 0.276. The molecule has 17 heavy (non-hydrogen) atoms. The molecule has 1 N–H and O–H groups in total. The number of aryl methyl sites for hydroxylation is 1. The molecule has 0 radical (unpaired) electrons. The van der Waals surface area contributed by atoms with Gasteiger partial charge in [0, 0.05) is 11.1 Å². The number of rotatable bonds is 5. The minimum absolute atomic E-state index is 0.276. The van der Waals surface area contributed by atoms with Gasteiger partial charge in [0.1, 0.15) is 11.3 Å². The molecule has 0 aliphatic rings. The van der Waals surface area contributed by atoms with Crippen LogP contribution in [0.3, 0.4) is 0 Å². The van der Waals surface area contributed by atoms with E-state index in [1.165, 1.54) is 25.7 Å². The van der Waals surface area contributed by atoms with Crippen LogP contribution in [0.25, 0.3) is 10.9 Å². The number of para-hydroxylation sites is 1. The molecule has 0 aliphatic heterocycles. The molecule has 2 heteroatoms. The maximum Gasteiger partial charge on any atom is 0.141 e. The number of phenolic OH excluding ortho intramolecular Hbond substituents is 1. The molecule has 2 rings (SSSR count). The Morgan fingerprint density at radius 2 is 1.94 bits per heavy atom. The summed E-state index contributed by atoms with van der Waals surface area (Å²) in [6.45, 7) is 2.21. The average Bonchev–Trinajstić information content (AvgIpc) is 2.36. The number of hydrogen-bond acceptors (Lipinski definition) is 2. The van der Waals surface area contributed by atoms with Gasteiger partial charge in [-0.3, -0.25) is 0 Å². The summed E-state index contributed by atoms with van der Waals surface area (Å²) in [6, 6.07) is 9.62. The molecule has 2 nitrogen and oxygen atoms in total. The van der Waals surface area contributed by atoms with E-state index in [9.17, 15) is 5.11 Å². The Morgan fingerprint density at radius 1 is 1.06 bits per heavy atom. The topological polar surface area (TPSA) is 33.1 Å². The minimum Gasteiger partial charge on any atom is -0.506 e. The highest BCUT2D eigenvalue weighted by Gasteiger charge is 2.02. The van der Waals surface area contributed by atoms with Gasteiger partial charge in [0.05, 0.1) is 0 Å². The predicted octanol–water partition coefficient (Wildman–Crippen LogP) is 4.06. The number of pyridine rings is 1. The van der Waals surface area contributed by atoms with E-state index in [4.69, 9.17) is 0 Å². The van der Waals surface area contributed by atoms with Crippen LogP contribution in [0.2, 0.25) is 0 Å². The number of phenols is 1. The highest BCUT2D eigenvalue weighted by Crippen LogP contribution is 2.22. The molecule has 0 saturated carbocycles. The third-order valence-electron chi connectivity index (χ3n) is 3.04. The summed E-state index contributed by atoms with van der Waals surface area (Å²) in [5, 5.41) is 10.7. The summed E-state index contributed by atoms with van der Waals surface area (Å²) in [6.07, 6.45) is 5.99. The van der Waals surface area contributed by atoms with Crippen molar-refractivity contribution in [2.75, 3.05) is 0 Å². The van der Waals surface area contributed by atoms with Gasteiger partial charge in [-0.05, 0) is 25.0 Å². The lowest BCUT2D eigenvalue weighted by Crippen LogP contribution is -1.91. The van der Waals surface area contributed by atoms with Gasteiger partial charge in [-0.25, -0.2) is 4.98 Å². The second-order valence-corrected chi connectivity index (χ2v) is 4.46. The second-order valence-electron chi connectivity index (χ2n) is 4.46. The first-order valence-corrected chi connectivity index (χ1v) is 6.39. The van der Waals surface area contributed by atoms with Crippen molar-refractivity contribution in [3.63, 3.8) is 0 Å². The maximum absolute atomic E-state index is 9.74. The largest absolute Gasteiger partial charge is 0.506 e. The van der Waals surface area contributed by atoms with E-state index in [-0.39, 0.29) is 5.75 Å². The van der Waals surface area contributed by atoms with Gasteiger partial charge < -0.3 is 5.11 Å². The summed E-state index contributed by atoms with van der Waals surface area (Å²) in [5.41, 5.74) is 1.80. The first-order valence-electron chi connectivity index (χ1n) is 6.39. The van der Waals surface area contributed by atoms with Gasteiger partial charge >= 0.3 is 0 Å². The van der Waals surface area contributed by atoms with E-state index in [0.29, 0.717) is 0 Å². The fourth-order valence-corrected chi connectivity index (χ4v) is 2.04. The average molecular weight is 229 g/mol. The van der Waals surface area contributed by atoms with Crippen LogP contribution in [0.5, 0.6) is 5.75 Å². The third-order valence-corrected chi connectivity index (χ3v) is 3.04. The van der Waals surface area contributed by atoms with Crippen molar-refractivity contribution in [2.45, 2.75) is 39.0 Å². The Balaban J connectivity index is 2.11. The SMILES string of the molecule is CCCCCCc1ccc2cccc(O)c2n1. The van der Waals surface area contributed by atoms with Gasteiger partial charge in [0.25, 0.3) is 0 Å². The van der Waals surface area contributed by atoms with Gasteiger partial charge in [-0.1, -0.05) is 44.4 Å². The summed E-state index contributed by atoms with van der Waals surface area (Å²) < 4.78 is 0. The third kappa shape index (κ3) is 2.96. The van der Waals surface area contributed by atoms with Gasteiger partial charge in [0.15, 0.2) is 0 Å². The molecule has 0 amide bonds. The molecule has 0 atom stereocenters. The highest BCUT2D eigenvalue weighted by atomic mass is 16.3. The first-order chi connectivity index (χ1) is 8.31. The van der Waals surface area contributed by atoms with Crippen molar-refractivity contribution < 1.29 is 5.11 Å². The van der Waals surface area contributed by atoms with E-state index >= 15 is 0 Å². The molecule has 1 heterocycles. The van der Waals surface area contributed by atoms with Crippen molar-refractivity contribution in [1.82, 2.24) is 4.98 Å². The number of aromatic nitrogens is 1. The van der Waals surface area contributed by atoms with Gasteiger partial charge in [0.2, 0.25) is 0 Å². The molecule has 1 aromatic heterocycles. The minimum atomic E-state index is 0.276. The van der Waals surface area contributed by atoms with Crippen LogP contribution in [0.4, 0.5) is 0 Å². The van der Waals surface area contributed by atoms with Crippen LogP contribution in [-0.2, 0) is 6.42 Å². The zero-order valence-corrected chi connectivity index (χ0v) is 10.3. The first kappa shape index (κ1) is 11.9. The molecular weight excluding hydrogens is 210 g/mol. The number of aromatic hydroxyl groups is 1. The zero-order chi connectivity index (χ0) is 12.1. The van der Waals surface area contributed by atoms with Crippen molar-refractivity contribution in [3.05, 3.63) is 36.0 Å². The van der Waals surface area contributed by atoms with Crippen LogP contribution >= 0.6 is 0 Å². The maximum atomic E-state index is 9.74. The van der Waals surface area contributed by atoms with Crippen LogP contribution in [0.1, 0.15) is 38.3 Å². The Labute approximate surface area is 102 Å². The van der Waals surface area contributed by atoms with Crippen LogP contribution in [-0.4, -0.2) is 10.1 Å². The molecule has 0 bridgehead atoms. The molecule has 0 aliphatic carbocycles. The summed E-state index contributed by atoms with van der Waals surface area (Å²) >= 11 is 0. The smallest absolute Gasteiger partial charge is 0.141 e. The quantitative estimate of drug-likeness (QED) is 0.784. The Bertz CT molecular complexity index is 493. The normalized spacial score (nSPS) is 10.9. The van der Waals surface area contributed by atoms with E-state index in [1.54, 1.807) is 6.07 Å². The number of fused-ring (bicyclic) bond motifs is 1. The molecule has 90 valence electrons. The molecule has 0 unspecified atom stereocenters. The van der Waals surface area contributed by atoms with Crippen molar-refractivity contribution in [2.24, 2.45) is 0 Å². The van der Waals surface area contributed by atoms with Crippen LogP contribution in [0.15, 0.2) is 30.3 Å². The van der Waals surface area contributed by atoms with E-state index < -0.39 is 0 Å². The lowest BCUT2D eigenvalue weighted by atomic mass is 10.1. The van der Waals surface area contributed by atoms with E-state index in [2.05, 4.69) is 18.0 Å². The van der Waals surface area contributed by atoms with E-state index in [0.717, 1.165) is 23.0 Å². The lowest BCUT2D eigenvalue weighted by Gasteiger charge is -2.04. The number of benzene rings is 1. The molecular formula is C15H19NO. The molecule has 1 aromatic carbocycles.